The molecule has 0 radical (unpaired) electrons. The molecule has 6 heteroatoms. The highest BCUT2D eigenvalue weighted by Crippen LogP contribution is 2.33. The van der Waals surface area contributed by atoms with Crippen LogP contribution < -0.4 is 14.8 Å². The van der Waals surface area contributed by atoms with Crippen LogP contribution in [0.4, 0.5) is 10.1 Å². The Morgan fingerprint density at radius 3 is 2.30 bits per heavy atom. The largest absolute Gasteiger partial charge is 0.493 e. The van der Waals surface area contributed by atoms with E-state index >= 15 is 0 Å². The van der Waals surface area contributed by atoms with E-state index in [1.54, 1.807) is 26.4 Å². The molecule has 0 aliphatic rings. The summed E-state index contributed by atoms with van der Waals surface area (Å²) in [6.07, 6.45) is 0. The number of benzene rings is 3. The Balaban J connectivity index is 1.89. The number of hydrogen-bond donors (Lipinski definition) is 1. The van der Waals surface area contributed by atoms with Gasteiger partial charge in [-0.15, -0.1) is 0 Å². The zero-order chi connectivity index (χ0) is 21.5. The van der Waals surface area contributed by atoms with Crippen LogP contribution in [-0.4, -0.2) is 32.1 Å². The Hall–Kier alpha value is -3.38. The second-order valence-corrected chi connectivity index (χ2v) is 6.88. The Morgan fingerprint density at radius 1 is 0.967 bits per heavy atom. The van der Waals surface area contributed by atoms with E-state index in [0.29, 0.717) is 23.7 Å². The van der Waals surface area contributed by atoms with Gasteiger partial charge in [-0.05, 0) is 42.9 Å². The Bertz CT molecular complexity index is 978. The van der Waals surface area contributed by atoms with Gasteiger partial charge in [0.15, 0.2) is 11.5 Å². The molecule has 0 spiro atoms. The number of halogens is 1. The first-order chi connectivity index (χ1) is 14.5. The molecule has 1 atom stereocenters. The van der Waals surface area contributed by atoms with E-state index in [9.17, 15) is 9.18 Å². The Morgan fingerprint density at radius 2 is 1.67 bits per heavy atom. The molecule has 3 rings (SSSR count). The summed E-state index contributed by atoms with van der Waals surface area (Å²) in [6, 6.07) is 20.3. The van der Waals surface area contributed by atoms with E-state index < -0.39 is 6.04 Å². The van der Waals surface area contributed by atoms with Gasteiger partial charge in [0, 0.05) is 17.8 Å². The van der Waals surface area contributed by atoms with Crippen molar-refractivity contribution >= 4 is 11.6 Å². The van der Waals surface area contributed by atoms with Crippen LogP contribution in [0.1, 0.15) is 17.2 Å². The normalized spacial score (nSPS) is 11.8. The maximum atomic E-state index is 13.2. The van der Waals surface area contributed by atoms with Crippen LogP contribution in [0.5, 0.6) is 11.5 Å². The summed E-state index contributed by atoms with van der Waals surface area (Å²) in [4.78, 5) is 15.1. The molecule has 0 heterocycles. The number of carbonyl (C=O) groups is 1. The summed E-state index contributed by atoms with van der Waals surface area (Å²) >= 11 is 0. The monoisotopic (exact) mass is 408 g/mol. The number of carbonyl (C=O) groups excluding carboxylic acids is 1. The minimum Gasteiger partial charge on any atom is -0.493 e. The average molecular weight is 408 g/mol. The first-order valence-electron chi connectivity index (χ1n) is 9.55. The van der Waals surface area contributed by atoms with Gasteiger partial charge < -0.3 is 14.8 Å². The summed E-state index contributed by atoms with van der Waals surface area (Å²) in [5, 5.41) is 2.88. The van der Waals surface area contributed by atoms with E-state index in [2.05, 4.69) is 5.32 Å². The van der Waals surface area contributed by atoms with Crippen LogP contribution >= 0.6 is 0 Å². The zero-order valence-corrected chi connectivity index (χ0v) is 17.3. The fourth-order valence-corrected chi connectivity index (χ4v) is 3.42. The minimum atomic E-state index is -0.563. The summed E-state index contributed by atoms with van der Waals surface area (Å²) < 4.78 is 24.1. The number of anilines is 1. The molecule has 3 aromatic carbocycles. The van der Waals surface area contributed by atoms with Crippen LogP contribution in [-0.2, 0) is 11.3 Å². The van der Waals surface area contributed by atoms with Gasteiger partial charge in [-0.3, -0.25) is 9.69 Å². The fourth-order valence-electron chi connectivity index (χ4n) is 3.42. The van der Waals surface area contributed by atoms with Gasteiger partial charge in [0.1, 0.15) is 11.9 Å². The third-order valence-corrected chi connectivity index (χ3v) is 4.82. The molecule has 0 bridgehead atoms. The van der Waals surface area contributed by atoms with Gasteiger partial charge in [0.25, 0.3) is 0 Å². The summed E-state index contributed by atoms with van der Waals surface area (Å²) in [6.45, 7) is 0.455. The van der Waals surface area contributed by atoms with Crippen molar-refractivity contribution in [3.8, 4) is 11.5 Å². The lowest BCUT2D eigenvalue weighted by molar-refractivity contribution is -0.121. The topological polar surface area (TPSA) is 50.8 Å². The van der Waals surface area contributed by atoms with Crippen LogP contribution in [0.2, 0.25) is 0 Å². The maximum Gasteiger partial charge on any atom is 0.246 e. The Kier molecular flexibility index (Phi) is 7.03. The van der Waals surface area contributed by atoms with Crippen molar-refractivity contribution in [2.75, 3.05) is 26.6 Å². The van der Waals surface area contributed by atoms with E-state index in [0.717, 1.165) is 11.1 Å². The quantitative estimate of drug-likeness (QED) is 0.589. The summed E-state index contributed by atoms with van der Waals surface area (Å²) in [5.41, 5.74) is 2.28. The molecular weight excluding hydrogens is 383 g/mol. The SMILES string of the molecule is COc1cccc(CN(C)[C@@H](C(=O)Nc2ccc(F)cc2)c2ccccc2)c1OC. The number of methoxy groups -OCH3 is 2. The number of nitrogens with zero attached hydrogens (tertiary/aromatic N) is 1. The van der Waals surface area contributed by atoms with Gasteiger partial charge in [0.05, 0.1) is 14.2 Å². The number of ether oxygens (including phenoxy) is 2. The third-order valence-electron chi connectivity index (χ3n) is 4.82. The van der Waals surface area contributed by atoms with Crippen LogP contribution in [0.3, 0.4) is 0 Å². The van der Waals surface area contributed by atoms with Gasteiger partial charge in [-0.2, -0.15) is 0 Å². The molecule has 156 valence electrons. The van der Waals surface area contributed by atoms with Crippen molar-refractivity contribution in [2.24, 2.45) is 0 Å². The molecule has 0 unspecified atom stereocenters. The zero-order valence-electron chi connectivity index (χ0n) is 17.3. The number of nitrogens with one attached hydrogen (secondary N) is 1. The lowest BCUT2D eigenvalue weighted by Crippen LogP contribution is -2.34. The average Bonchev–Trinajstić information content (AvgIpc) is 2.76. The summed E-state index contributed by atoms with van der Waals surface area (Å²) in [7, 11) is 5.06. The first kappa shape index (κ1) is 21.3. The molecule has 0 saturated heterocycles. The van der Waals surface area contributed by atoms with Crippen LogP contribution in [0, 0.1) is 5.82 Å². The predicted molar refractivity (Wildman–Crippen MR) is 115 cm³/mol. The van der Waals surface area contributed by atoms with E-state index in [-0.39, 0.29) is 11.7 Å². The second kappa shape index (κ2) is 9.89. The number of rotatable bonds is 8. The van der Waals surface area contributed by atoms with Crippen molar-refractivity contribution in [1.29, 1.82) is 0 Å². The lowest BCUT2D eigenvalue weighted by atomic mass is 10.0. The highest BCUT2D eigenvalue weighted by molar-refractivity contribution is 5.95. The number of hydrogen-bond acceptors (Lipinski definition) is 4. The van der Waals surface area contributed by atoms with E-state index in [4.69, 9.17) is 9.47 Å². The molecule has 0 aromatic heterocycles. The van der Waals surface area contributed by atoms with Crippen molar-refractivity contribution in [3.63, 3.8) is 0 Å². The highest BCUT2D eigenvalue weighted by atomic mass is 19.1. The molecule has 0 fully saturated rings. The van der Waals surface area contributed by atoms with Gasteiger partial charge in [-0.1, -0.05) is 42.5 Å². The highest BCUT2D eigenvalue weighted by Gasteiger charge is 2.26. The van der Waals surface area contributed by atoms with Crippen molar-refractivity contribution in [1.82, 2.24) is 4.90 Å². The van der Waals surface area contributed by atoms with Gasteiger partial charge >= 0.3 is 0 Å². The number of para-hydroxylation sites is 1. The molecule has 1 amide bonds. The fraction of sp³-hybridized carbons (Fsp3) is 0.208. The first-order valence-corrected chi connectivity index (χ1v) is 9.55. The number of amides is 1. The van der Waals surface area contributed by atoms with Crippen LogP contribution in [0.15, 0.2) is 72.8 Å². The minimum absolute atomic E-state index is 0.211. The molecule has 1 N–H and O–H groups in total. The van der Waals surface area contributed by atoms with Crippen LogP contribution in [0.25, 0.3) is 0 Å². The second-order valence-electron chi connectivity index (χ2n) is 6.88. The molecule has 0 aliphatic carbocycles. The maximum absolute atomic E-state index is 13.2. The van der Waals surface area contributed by atoms with Gasteiger partial charge in [0.2, 0.25) is 5.91 Å². The predicted octanol–water partition coefficient (Wildman–Crippen LogP) is 4.65. The molecular formula is C24H25FN2O3. The molecule has 0 aliphatic heterocycles. The lowest BCUT2D eigenvalue weighted by Gasteiger charge is -2.28. The molecule has 3 aromatic rings. The van der Waals surface area contributed by atoms with E-state index in [1.807, 2.05) is 60.5 Å². The number of likely N-dealkylation sites (N-methyl/N-ethyl adjacent to an activating group) is 1. The standard InChI is InChI=1S/C24H25FN2O3/c1-27(16-18-10-7-11-21(29-2)23(18)30-3)22(17-8-5-4-6-9-17)24(28)26-20-14-12-19(25)13-15-20/h4-15,22H,16H2,1-3H3,(H,26,28)/t22-/m1/s1. The van der Waals surface area contributed by atoms with E-state index in [1.165, 1.54) is 12.1 Å². The molecule has 0 saturated carbocycles. The smallest absolute Gasteiger partial charge is 0.246 e. The van der Waals surface area contributed by atoms with Crippen molar-refractivity contribution in [3.05, 3.63) is 89.7 Å². The third kappa shape index (κ3) is 4.96. The van der Waals surface area contributed by atoms with Crippen molar-refractivity contribution < 1.29 is 18.7 Å². The molecule has 30 heavy (non-hydrogen) atoms. The summed E-state index contributed by atoms with van der Waals surface area (Å²) in [5.74, 6) is 0.708. The molecule has 5 nitrogen and oxygen atoms in total. The van der Waals surface area contributed by atoms with Crippen molar-refractivity contribution in [2.45, 2.75) is 12.6 Å². The van der Waals surface area contributed by atoms with Gasteiger partial charge in [-0.25, -0.2) is 4.39 Å². The Labute approximate surface area is 176 Å².